The van der Waals surface area contributed by atoms with Gasteiger partial charge in [-0.25, -0.2) is 0 Å². The highest BCUT2D eigenvalue weighted by molar-refractivity contribution is 5.43. The van der Waals surface area contributed by atoms with E-state index in [0.717, 1.165) is 12.0 Å². The summed E-state index contributed by atoms with van der Waals surface area (Å²) in [6.07, 6.45) is 1.02. The Morgan fingerprint density at radius 3 is 2.58 bits per heavy atom. The first kappa shape index (κ1) is 15.4. The van der Waals surface area contributed by atoms with Gasteiger partial charge in [-0.15, -0.1) is 0 Å². The van der Waals surface area contributed by atoms with Crippen molar-refractivity contribution in [1.82, 2.24) is 5.32 Å². The van der Waals surface area contributed by atoms with Crippen molar-refractivity contribution in [2.24, 2.45) is 5.92 Å². The summed E-state index contributed by atoms with van der Waals surface area (Å²) in [7, 11) is 1.57. The molecule has 0 heterocycles. The van der Waals surface area contributed by atoms with E-state index < -0.39 is 0 Å². The van der Waals surface area contributed by atoms with Crippen LogP contribution in [-0.2, 0) is 6.54 Å². The van der Waals surface area contributed by atoms with E-state index >= 15 is 0 Å². The second-order valence-electron chi connectivity index (χ2n) is 4.89. The maximum absolute atomic E-state index is 10.8. The van der Waals surface area contributed by atoms with Crippen LogP contribution in [0.5, 0.6) is 5.75 Å². The zero-order valence-corrected chi connectivity index (χ0v) is 12.0. The molecule has 106 valence electrons. The molecule has 0 saturated carbocycles. The number of benzene rings is 1. The minimum atomic E-state index is -0.386. The van der Waals surface area contributed by atoms with Crippen molar-refractivity contribution in [3.63, 3.8) is 0 Å². The molecule has 1 aromatic carbocycles. The summed E-state index contributed by atoms with van der Waals surface area (Å²) >= 11 is 0. The van der Waals surface area contributed by atoms with Gasteiger partial charge in [0.25, 0.3) is 5.69 Å². The Balaban J connectivity index is 2.85. The largest absolute Gasteiger partial charge is 0.496 e. The third kappa shape index (κ3) is 4.21. The van der Waals surface area contributed by atoms with Gasteiger partial charge in [0.1, 0.15) is 5.75 Å². The Bertz CT molecular complexity index is 433. The number of hydrogen-bond donors (Lipinski definition) is 1. The number of ether oxygens (including phenoxy) is 1. The third-order valence-electron chi connectivity index (χ3n) is 3.27. The molecular weight excluding hydrogens is 244 g/mol. The normalized spacial score (nSPS) is 12.5. The summed E-state index contributed by atoms with van der Waals surface area (Å²) in [6, 6.07) is 5.07. The second-order valence-corrected chi connectivity index (χ2v) is 4.89. The molecular formula is C14H22N2O3. The van der Waals surface area contributed by atoms with Crippen molar-refractivity contribution in [3.8, 4) is 5.75 Å². The molecule has 1 aromatic rings. The van der Waals surface area contributed by atoms with Gasteiger partial charge < -0.3 is 10.1 Å². The van der Waals surface area contributed by atoms with E-state index in [1.165, 1.54) is 6.07 Å². The smallest absolute Gasteiger partial charge is 0.270 e. The molecule has 0 bridgehead atoms. The number of rotatable bonds is 7. The predicted octanol–water partition coefficient (Wildman–Crippen LogP) is 3.13. The van der Waals surface area contributed by atoms with E-state index in [2.05, 4.69) is 26.1 Å². The lowest BCUT2D eigenvalue weighted by atomic mass is 10.0. The number of nitro benzene ring substituents is 1. The maximum atomic E-state index is 10.8. The van der Waals surface area contributed by atoms with E-state index in [4.69, 9.17) is 4.74 Å². The van der Waals surface area contributed by atoms with Gasteiger partial charge in [-0.1, -0.05) is 20.8 Å². The first-order valence-corrected chi connectivity index (χ1v) is 6.54. The molecule has 19 heavy (non-hydrogen) atoms. The highest BCUT2D eigenvalue weighted by Crippen LogP contribution is 2.24. The molecule has 1 rings (SSSR count). The summed E-state index contributed by atoms with van der Waals surface area (Å²) in [5, 5.41) is 14.2. The highest BCUT2D eigenvalue weighted by Gasteiger charge is 2.14. The summed E-state index contributed by atoms with van der Waals surface area (Å²) in [6.45, 7) is 7.02. The van der Waals surface area contributed by atoms with Crippen LogP contribution in [0, 0.1) is 16.0 Å². The van der Waals surface area contributed by atoms with Crippen LogP contribution in [0.2, 0.25) is 0 Å². The second kappa shape index (κ2) is 7.09. The molecule has 0 aliphatic carbocycles. The Labute approximate surface area is 114 Å². The van der Waals surface area contributed by atoms with Crippen LogP contribution in [0.25, 0.3) is 0 Å². The molecule has 1 N–H and O–H groups in total. The average Bonchev–Trinajstić information content (AvgIpc) is 2.38. The zero-order chi connectivity index (χ0) is 14.4. The number of nitrogens with one attached hydrogen (secondary N) is 1. The maximum Gasteiger partial charge on any atom is 0.270 e. The Kier molecular flexibility index (Phi) is 5.76. The minimum Gasteiger partial charge on any atom is -0.496 e. The fraction of sp³-hybridized carbons (Fsp3) is 0.571. The summed E-state index contributed by atoms with van der Waals surface area (Å²) in [4.78, 5) is 10.4. The number of methoxy groups -OCH3 is 1. The van der Waals surface area contributed by atoms with Gasteiger partial charge in [-0.3, -0.25) is 10.1 Å². The summed E-state index contributed by atoms with van der Waals surface area (Å²) in [5.74, 6) is 1.20. The van der Waals surface area contributed by atoms with Crippen LogP contribution < -0.4 is 10.1 Å². The van der Waals surface area contributed by atoms with Crippen molar-refractivity contribution in [3.05, 3.63) is 33.9 Å². The fourth-order valence-corrected chi connectivity index (χ4v) is 2.11. The van der Waals surface area contributed by atoms with Crippen LogP contribution in [-0.4, -0.2) is 18.1 Å². The molecule has 5 heteroatoms. The van der Waals surface area contributed by atoms with Gasteiger partial charge >= 0.3 is 0 Å². The van der Waals surface area contributed by atoms with Crippen molar-refractivity contribution in [1.29, 1.82) is 0 Å². The van der Waals surface area contributed by atoms with Crippen LogP contribution in [0.3, 0.4) is 0 Å². The van der Waals surface area contributed by atoms with Gasteiger partial charge in [0.15, 0.2) is 0 Å². The van der Waals surface area contributed by atoms with Crippen molar-refractivity contribution in [2.45, 2.75) is 39.8 Å². The molecule has 0 radical (unpaired) electrons. The van der Waals surface area contributed by atoms with Crippen LogP contribution >= 0.6 is 0 Å². The van der Waals surface area contributed by atoms with Crippen LogP contribution in [0.1, 0.15) is 32.8 Å². The molecule has 5 nitrogen and oxygen atoms in total. The van der Waals surface area contributed by atoms with Gasteiger partial charge in [-0.2, -0.15) is 0 Å². The van der Waals surface area contributed by atoms with Gasteiger partial charge in [-0.05, 0) is 18.4 Å². The molecule has 0 fully saturated rings. The SMILES string of the molecule is CCC(NCc1cc([N+](=O)[O-])ccc1OC)C(C)C. The Hall–Kier alpha value is -1.62. The molecule has 0 aliphatic rings. The monoisotopic (exact) mass is 266 g/mol. The van der Waals surface area contributed by atoms with E-state index in [9.17, 15) is 10.1 Å². The van der Waals surface area contributed by atoms with E-state index in [1.807, 2.05) is 0 Å². The quantitative estimate of drug-likeness (QED) is 0.608. The molecule has 1 unspecified atom stereocenters. The molecule has 0 saturated heterocycles. The first-order chi connectivity index (χ1) is 8.99. The first-order valence-electron chi connectivity index (χ1n) is 6.54. The Morgan fingerprint density at radius 1 is 1.42 bits per heavy atom. The van der Waals surface area contributed by atoms with Crippen molar-refractivity contribution < 1.29 is 9.66 Å². The van der Waals surface area contributed by atoms with Gasteiger partial charge in [0.2, 0.25) is 0 Å². The molecule has 0 spiro atoms. The van der Waals surface area contributed by atoms with Crippen LogP contribution in [0.15, 0.2) is 18.2 Å². The van der Waals surface area contributed by atoms with E-state index in [-0.39, 0.29) is 10.6 Å². The highest BCUT2D eigenvalue weighted by atomic mass is 16.6. The number of nitro groups is 1. The minimum absolute atomic E-state index is 0.0928. The van der Waals surface area contributed by atoms with Crippen molar-refractivity contribution >= 4 is 5.69 Å². The third-order valence-corrected chi connectivity index (χ3v) is 3.27. The summed E-state index contributed by atoms with van der Waals surface area (Å²) < 4.78 is 5.24. The number of hydrogen-bond acceptors (Lipinski definition) is 4. The summed E-state index contributed by atoms with van der Waals surface area (Å²) in [5.41, 5.74) is 0.908. The topological polar surface area (TPSA) is 64.4 Å². The van der Waals surface area contributed by atoms with E-state index in [0.29, 0.717) is 24.3 Å². The lowest BCUT2D eigenvalue weighted by molar-refractivity contribution is -0.384. The average molecular weight is 266 g/mol. The molecule has 1 atom stereocenters. The van der Waals surface area contributed by atoms with Gasteiger partial charge in [0, 0.05) is 30.3 Å². The molecule has 0 aromatic heterocycles. The predicted molar refractivity (Wildman–Crippen MR) is 75.4 cm³/mol. The molecule has 0 amide bonds. The Morgan fingerprint density at radius 2 is 2.11 bits per heavy atom. The number of non-ortho nitro benzene ring substituents is 1. The van der Waals surface area contributed by atoms with E-state index in [1.54, 1.807) is 19.2 Å². The lowest BCUT2D eigenvalue weighted by Crippen LogP contribution is -2.32. The molecule has 0 aliphatic heterocycles. The lowest BCUT2D eigenvalue weighted by Gasteiger charge is -2.21. The zero-order valence-electron chi connectivity index (χ0n) is 12.0. The van der Waals surface area contributed by atoms with Crippen LogP contribution in [0.4, 0.5) is 5.69 Å². The van der Waals surface area contributed by atoms with Crippen molar-refractivity contribution in [2.75, 3.05) is 7.11 Å². The van der Waals surface area contributed by atoms with Gasteiger partial charge in [0.05, 0.1) is 12.0 Å². The standard InChI is InChI=1S/C14H22N2O3/c1-5-13(10(2)3)15-9-11-8-12(16(17)18)6-7-14(11)19-4/h6-8,10,13,15H,5,9H2,1-4H3. The number of nitrogens with zero attached hydrogens (tertiary/aromatic N) is 1. The fourth-order valence-electron chi connectivity index (χ4n) is 2.11.